The number of likely N-dealkylation sites (N-methyl/N-ethyl adjacent to an activating group) is 1. The summed E-state index contributed by atoms with van der Waals surface area (Å²) < 4.78 is 25.2. The molecule has 22 heavy (non-hydrogen) atoms. The number of hydrogen-bond donors (Lipinski definition) is 0. The molecular weight excluding hydrogens is 302 g/mol. The fourth-order valence-electron chi connectivity index (χ4n) is 3.32. The quantitative estimate of drug-likeness (QED) is 0.746. The molecule has 6 nitrogen and oxygen atoms in total. The molecule has 1 amide bonds. The van der Waals surface area contributed by atoms with Crippen molar-refractivity contribution in [2.45, 2.75) is 45.1 Å². The molecule has 0 N–H and O–H groups in total. The van der Waals surface area contributed by atoms with Crippen LogP contribution >= 0.6 is 0 Å². The summed E-state index contributed by atoms with van der Waals surface area (Å²) in [5, 5.41) is 0. The van der Waals surface area contributed by atoms with Gasteiger partial charge in [0.2, 0.25) is 15.9 Å². The minimum absolute atomic E-state index is 0.149. The summed E-state index contributed by atoms with van der Waals surface area (Å²) in [6.07, 6.45) is 5.95. The molecule has 128 valence electrons. The van der Waals surface area contributed by atoms with Crippen LogP contribution in [0.1, 0.15) is 39.0 Å². The van der Waals surface area contributed by atoms with E-state index in [1.807, 2.05) is 11.9 Å². The molecule has 0 aromatic heterocycles. The molecule has 7 heteroatoms. The fourth-order valence-corrected chi connectivity index (χ4v) is 4.41. The molecule has 1 aliphatic heterocycles. The standard InChI is InChI=1S/C15H29N3O3S/c1-3-22(20,21)18-11-9-17(10-12-18)13-15(19)16(2)14-7-5-4-6-8-14/h14H,3-13H2,1-2H3. The van der Waals surface area contributed by atoms with Crippen LogP contribution in [0.25, 0.3) is 0 Å². The highest BCUT2D eigenvalue weighted by molar-refractivity contribution is 7.89. The number of piperazine rings is 1. The maximum absolute atomic E-state index is 12.4. The highest BCUT2D eigenvalue weighted by Gasteiger charge is 2.28. The molecule has 0 aromatic rings. The maximum Gasteiger partial charge on any atom is 0.236 e. The molecule has 0 spiro atoms. The van der Waals surface area contributed by atoms with Gasteiger partial charge in [-0.15, -0.1) is 0 Å². The summed E-state index contributed by atoms with van der Waals surface area (Å²) in [7, 11) is -1.18. The highest BCUT2D eigenvalue weighted by atomic mass is 32.2. The largest absolute Gasteiger partial charge is 0.342 e. The van der Waals surface area contributed by atoms with E-state index in [0.717, 1.165) is 12.8 Å². The lowest BCUT2D eigenvalue weighted by Crippen LogP contribution is -2.52. The molecule has 0 aromatic carbocycles. The van der Waals surface area contributed by atoms with Crippen LogP contribution in [0.15, 0.2) is 0 Å². The Kier molecular flexibility index (Phi) is 6.23. The number of carbonyl (C=O) groups is 1. The normalized spacial score (nSPS) is 22.6. The van der Waals surface area contributed by atoms with Gasteiger partial charge in [-0.1, -0.05) is 19.3 Å². The number of carbonyl (C=O) groups excluding carboxylic acids is 1. The molecule has 0 atom stereocenters. The molecule has 1 heterocycles. The van der Waals surface area contributed by atoms with Gasteiger partial charge in [0, 0.05) is 39.3 Å². The molecule has 2 rings (SSSR count). The molecule has 1 aliphatic carbocycles. The molecule has 0 radical (unpaired) electrons. The Balaban J connectivity index is 1.79. The lowest BCUT2D eigenvalue weighted by Gasteiger charge is -2.36. The van der Waals surface area contributed by atoms with Crippen molar-refractivity contribution in [3.05, 3.63) is 0 Å². The Morgan fingerprint density at radius 3 is 2.23 bits per heavy atom. The lowest BCUT2D eigenvalue weighted by molar-refractivity contribution is -0.134. The van der Waals surface area contributed by atoms with E-state index >= 15 is 0 Å². The lowest BCUT2D eigenvalue weighted by atomic mass is 9.94. The number of amides is 1. The molecule has 0 bridgehead atoms. The van der Waals surface area contributed by atoms with Crippen LogP contribution in [0, 0.1) is 0 Å². The zero-order valence-electron chi connectivity index (χ0n) is 13.8. The highest BCUT2D eigenvalue weighted by Crippen LogP contribution is 2.21. The van der Waals surface area contributed by atoms with E-state index in [2.05, 4.69) is 4.90 Å². The Hall–Kier alpha value is -0.660. The van der Waals surface area contributed by atoms with Gasteiger partial charge in [0.15, 0.2) is 0 Å². The third-order valence-electron chi connectivity index (χ3n) is 4.96. The van der Waals surface area contributed by atoms with E-state index in [9.17, 15) is 13.2 Å². The van der Waals surface area contributed by atoms with Crippen LogP contribution < -0.4 is 0 Å². The van der Waals surface area contributed by atoms with E-state index in [4.69, 9.17) is 0 Å². The van der Waals surface area contributed by atoms with Gasteiger partial charge in [-0.05, 0) is 19.8 Å². The first kappa shape index (κ1) is 17.7. The minimum atomic E-state index is -3.10. The SMILES string of the molecule is CCS(=O)(=O)N1CCN(CC(=O)N(C)C2CCCCC2)CC1. The van der Waals surface area contributed by atoms with Gasteiger partial charge in [0.1, 0.15) is 0 Å². The van der Waals surface area contributed by atoms with Gasteiger partial charge in [0.25, 0.3) is 0 Å². The van der Waals surface area contributed by atoms with Crippen molar-refractivity contribution in [3.63, 3.8) is 0 Å². The van der Waals surface area contributed by atoms with Crippen molar-refractivity contribution < 1.29 is 13.2 Å². The first-order valence-electron chi connectivity index (χ1n) is 8.40. The molecule has 0 unspecified atom stereocenters. The summed E-state index contributed by atoms with van der Waals surface area (Å²) in [5.41, 5.74) is 0. The Bertz CT molecular complexity index is 466. The molecule has 2 fully saturated rings. The van der Waals surface area contributed by atoms with Crippen LogP contribution in [0.2, 0.25) is 0 Å². The zero-order valence-corrected chi connectivity index (χ0v) is 14.6. The summed E-state index contributed by atoms with van der Waals surface area (Å²) in [6.45, 7) is 4.36. The zero-order chi connectivity index (χ0) is 16.2. The second-order valence-electron chi connectivity index (χ2n) is 6.37. The van der Waals surface area contributed by atoms with Crippen LogP contribution in [-0.4, -0.2) is 80.0 Å². The van der Waals surface area contributed by atoms with Crippen molar-refractivity contribution in [3.8, 4) is 0 Å². The average Bonchev–Trinajstić information content (AvgIpc) is 2.55. The van der Waals surface area contributed by atoms with E-state index in [0.29, 0.717) is 38.8 Å². The predicted molar refractivity (Wildman–Crippen MR) is 87.1 cm³/mol. The summed E-state index contributed by atoms with van der Waals surface area (Å²) in [4.78, 5) is 16.4. The van der Waals surface area contributed by atoms with Gasteiger partial charge in [-0.3, -0.25) is 9.69 Å². The van der Waals surface area contributed by atoms with E-state index in [-0.39, 0.29) is 11.7 Å². The minimum Gasteiger partial charge on any atom is -0.342 e. The van der Waals surface area contributed by atoms with Gasteiger partial charge >= 0.3 is 0 Å². The van der Waals surface area contributed by atoms with Crippen LogP contribution in [0.5, 0.6) is 0 Å². The summed E-state index contributed by atoms with van der Waals surface area (Å²) >= 11 is 0. The molecule has 1 saturated carbocycles. The van der Waals surface area contributed by atoms with Gasteiger partial charge in [-0.25, -0.2) is 8.42 Å². The monoisotopic (exact) mass is 331 g/mol. The number of rotatable bonds is 5. The first-order chi connectivity index (χ1) is 10.4. The third kappa shape index (κ3) is 4.43. The van der Waals surface area contributed by atoms with Crippen molar-refractivity contribution in [2.75, 3.05) is 45.5 Å². The molecule has 2 aliphatic rings. The molecule has 1 saturated heterocycles. The first-order valence-corrected chi connectivity index (χ1v) is 10.0. The second kappa shape index (κ2) is 7.75. The summed E-state index contributed by atoms with van der Waals surface area (Å²) in [6, 6.07) is 0.392. The van der Waals surface area contributed by atoms with E-state index in [1.54, 1.807) is 11.2 Å². The van der Waals surface area contributed by atoms with Crippen LogP contribution in [0.4, 0.5) is 0 Å². The Labute approximate surface area is 134 Å². The fraction of sp³-hybridized carbons (Fsp3) is 0.933. The van der Waals surface area contributed by atoms with Gasteiger partial charge in [0.05, 0.1) is 12.3 Å². The molecular formula is C15H29N3O3S. The van der Waals surface area contributed by atoms with Crippen molar-refractivity contribution >= 4 is 15.9 Å². The van der Waals surface area contributed by atoms with Crippen LogP contribution in [0.3, 0.4) is 0 Å². The van der Waals surface area contributed by atoms with Gasteiger partial charge < -0.3 is 4.90 Å². The predicted octanol–water partition coefficient (Wildman–Crippen LogP) is 0.745. The van der Waals surface area contributed by atoms with Crippen LogP contribution in [-0.2, 0) is 14.8 Å². The van der Waals surface area contributed by atoms with Crippen molar-refractivity contribution in [2.24, 2.45) is 0 Å². The number of nitrogens with zero attached hydrogens (tertiary/aromatic N) is 3. The number of sulfonamides is 1. The van der Waals surface area contributed by atoms with Crippen molar-refractivity contribution in [1.29, 1.82) is 0 Å². The maximum atomic E-state index is 12.4. The average molecular weight is 331 g/mol. The topological polar surface area (TPSA) is 60.9 Å². The second-order valence-corrected chi connectivity index (χ2v) is 8.63. The smallest absolute Gasteiger partial charge is 0.236 e. The third-order valence-corrected chi connectivity index (χ3v) is 6.85. The van der Waals surface area contributed by atoms with Crippen molar-refractivity contribution in [1.82, 2.24) is 14.1 Å². The van der Waals surface area contributed by atoms with E-state index < -0.39 is 10.0 Å². The van der Waals surface area contributed by atoms with Gasteiger partial charge in [-0.2, -0.15) is 4.31 Å². The Morgan fingerprint density at radius 2 is 1.68 bits per heavy atom. The van der Waals surface area contributed by atoms with E-state index in [1.165, 1.54) is 19.3 Å². The Morgan fingerprint density at radius 1 is 1.09 bits per heavy atom. The summed E-state index contributed by atoms with van der Waals surface area (Å²) in [5.74, 6) is 0.315. The number of hydrogen-bond acceptors (Lipinski definition) is 4.